The number of nitriles is 1. The Hall–Kier alpha value is -0.640. The molecule has 1 aliphatic carbocycles. The molecule has 1 unspecified atom stereocenters. The van der Waals surface area contributed by atoms with Gasteiger partial charge in [0, 0.05) is 5.75 Å². The van der Waals surface area contributed by atoms with E-state index in [1.165, 1.54) is 11.3 Å². The predicted octanol–water partition coefficient (Wildman–Crippen LogP) is 1.91. The summed E-state index contributed by atoms with van der Waals surface area (Å²) in [4.78, 5) is 0. The van der Waals surface area contributed by atoms with Gasteiger partial charge in [-0.3, -0.25) is 5.32 Å². The number of hydrogen-bond donors (Lipinski definition) is 1. The Bertz CT molecular complexity index is 369. The minimum atomic E-state index is -0.370. The smallest absolute Gasteiger partial charge is 0.174 e. The Balaban J connectivity index is 1.99. The number of nitrogens with one attached hydrogen (secondary N) is 1. The van der Waals surface area contributed by atoms with Gasteiger partial charge in [0.1, 0.15) is 11.0 Å². The Kier molecular flexibility index (Phi) is 3.79. The summed E-state index contributed by atoms with van der Waals surface area (Å²) in [6, 6.07) is 2.47. The first-order chi connectivity index (χ1) is 7.80. The molecule has 1 aromatic rings. The fourth-order valence-corrected chi connectivity index (χ4v) is 3.48. The Morgan fingerprint density at radius 3 is 3.06 bits per heavy atom. The molecule has 1 N–H and O–H groups in total. The minimum absolute atomic E-state index is 0.370. The van der Waals surface area contributed by atoms with Crippen molar-refractivity contribution in [2.24, 2.45) is 5.92 Å². The zero-order valence-electron chi connectivity index (χ0n) is 9.14. The molecule has 0 bridgehead atoms. The average molecular weight is 254 g/mol. The minimum Gasteiger partial charge on any atom is -0.299 e. The molecule has 2 rings (SSSR count). The van der Waals surface area contributed by atoms with Crippen molar-refractivity contribution in [2.75, 3.05) is 12.3 Å². The first kappa shape index (κ1) is 11.8. The van der Waals surface area contributed by atoms with Gasteiger partial charge in [-0.1, -0.05) is 30.0 Å². The predicted molar refractivity (Wildman–Crippen MR) is 65.4 cm³/mol. The SMILES string of the molecule is CCNC(C#N)(CSc1nncs1)C1CC1. The lowest BCUT2D eigenvalue weighted by molar-refractivity contribution is 0.416. The van der Waals surface area contributed by atoms with Crippen LogP contribution in [-0.2, 0) is 0 Å². The zero-order valence-corrected chi connectivity index (χ0v) is 10.8. The van der Waals surface area contributed by atoms with E-state index in [0.29, 0.717) is 5.92 Å². The van der Waals surface area contributed by atoms with Gasteiger partial charge in [0.05, 0.1) is 6.07 Å². The van der Waals surface area contributed by atoms with Crippen LogP contribution in [0.25, 0.3) is 0 Å². The topological polar surface area (TPSA) is 61.6 Å². The number of aromatic nitrogens is 2. The van der Waals surface area contributed by atoms with Crippen molar-refractivity contribution in [2.45, 2.75) is 29.6 Å². The van der Waals surface area contributed by atoms with E-state index in [0.717, 1.165) is 29.5 Å². The van der Waals surface area contributed by atoms with Crippen molar-refractivity contribution in [1.82, 2.24) is 15.5 Å². The van der Waals surface area contributed by atoms with E-state index in [9.17, 15) is 5.26 Å². The van der Waals surface area contributed by atoms with E-state index in [-0.39, 0.29) is 5.54 Å². The maximum atomic E-state index is 9.39. The van der Waals surface area contributed by atoms with Gasteiger partial charge in [0.25, 0.3) is 0 Å². The van der Waals surface area contributed by atoms with Crippen LogP contribution in [0.1, 0.15) is 19.8 Å². The fraction of sp³-hybridized carbons (Fsp3) is 0.700. The van der Waals surface area contributed by atoms with E-state index < -0.39 is 0 Å². The van der Waals surface area contributed by atoms with Crippen LogP contribution in [0, 0.1) is 17.2 Å². The van der Waals surface area contributed by atoms with Crippen LogP contribution in [-0.4, -0.2) is 28.0 Å². The largest absolute Gasteiger partial charge is 0.299 e. The molecule has 0 aliphatic heterocycles. The Morgan fingerprint density at radius 2 is 2.56 bits per heavy atom. The second kappa shape index (κ2) is 5.13. The summed E-state index contributed by atoms with van der Waals surface area (Å²) < 4.78 is 0.943. The van der Waals surface area contributed by atoms with E-state index in [2.05, 4.69) is 21.6 Å². The molecule has 1 aliphatic rings. The molecule has 1 fully saturated rings. The maximum Gasteiger partial charge on any atom is 0.174 e. The van der Waals surface area contributed by atoms with Crippen LogP contribution in [0.2, 0.25) is 0 Å². The number of hydrogen-bond acceptors (Lipinski definition) is 6. The second-order valence-electron chi connectivity index (χ2n) is 3.88. The van der Waals surface area contributed by atoms with Gasteiger partial charge in [-0.2, -0.15) is 5.26 Å². The third kappa shape index (κ3) is 2.54. The molecule has 4 nitrogen and oxygen atoms in total. The van der Waals surface area contributed by atoms with Crippen molar-refractivity contribution in [3.8, 4) is 6.07 Å². The van der Waals surface area contributed by atoms with Crippen LogP contribution in [0.15, 0.2) is 9.85 Å². The van der Waals surface area contributed by atoms with Gasteiger partial charge in [0.2, 0.25) is 0 Å². The Morgan fingerprint density at radius 1 is 1.75 bits per heavy atom. The summed E-state index contributed by atoms with van der Waals surface area (Å²) in [7, 11) is 0. The Labute approximate surface area is 103 Å². The highest BCUT2D eigenvalue weighted by molar-refractivity contribution is 8.01. The molecule has 86 valence electrons. The lowest BCUT2D eigenvalue weighted by atomic mass is 9.98. The maximum absolute atomic E-state index is 9.39. The number of thioether (sulfide) groups is 1. The van der Waals surface area contributed by atoms with Gasteiger partial charge >= 0.3 is 0 Å². The van der Waals surface area contributed by atoms with Crippen LogP contribution in [0.4, 0.5) is 0 Å². The summed E-state index contributed by atoms with van der Waals surface area (Å²) >= 11 is 3.15. The van der Waals surface area contributed by atoms with Gasteiger partial charge < -0.3 is 0 Å². The monoisotopic (exact) mass is 254 g/mol. The van der Waals surface area contributed by atoms with Crippen LogP contribution in [0.5, 0.6) is 0 Å². The zero-order chi connectivity index (χ0) is 11.4. The first-order valence-corrected chi connectivity index (χ1v) is 7.22. The normalized spacial score (nSPS) is 19.0. The summed E-state index contributed by atoms with van der Waals surface area (Å²) in [5.74, 6) is 1.27. The summed E-state index contributed by atoms with van der Waals surface area (Å²) in [5, 5.41) is 20.5. The third-order valence-corrected chi connectivity index (χ3v) is 4.78. The standard InChI is InChI=1S/C10H14N4S2/c1-2-12-10(5-11,8-3-4-8)6-15-9-14-13-7-16-9/h7-8,12H,2-4,6H2,1H3. The molecule has 1 saturated carbocycles. The van der Waals surface area contributed by atoms with Gasteiger partial charge in [-0.25, -0.2) is 0 Å². The van der Waals surface area contributed by atoms with E-state index in [1.54, 1.807) is 17.3 Å². The van der Waals surface area contributed by atoms with Crippen LogP contribution < -0.4 is 5.32 Å². The van der Waals surface area contributed by atoms with Crippen molar-refractivity contribution in [3.05, 3.63) is 5.51 Å². The third-order valence-electron chi connectivity index (χ3n) is 2.73. The summed E-state index contributed by atoms with van der Waals surface area (Å²) in [6.45, 7) is 2.88. The average Bonchev–Trinajstić information content (AvgIpc) is 3.03. The molecule has 0 aromatic carbocycles. The van der Waals surface area contributed by atoms with Crippen LogP contribution >= 0.6 is 23.1 Å². The van der Waals surface area contributed by atoms with E-state index in [4.69, 9.17) is 0 Å². The highest BCUT2D eigenvalue weighted by Gasteiger charge is 2.45. The molecule has 16 heavy (non-hydrogen) atoms. The lowest BCUT2D eigenvalue weighted by Gasteiger charge is -2.26. The molecule has 0 radical (unpaired) electrons. The van der Waals surface area contributed by atoms with Crippen LogP contribution in [0.3, 0.4) is 0 Å². The number of nitrogens with zero attached hydrogens (tertiary/aromatic N) is 3. The second-order valence-corrected chi connectivity index (χ2v) is 5.94. The molecule has 1 atom stereocenters. The number of rotatable bonds is 6. The van der Waals surface area contributed by atoms with Gasteiger partial charge in [0.15, 0.2) is 4.34 Å². The van der Waals surface area contributed by atoms with Gasteiger partial charge in [-0.15, -0.1) is 10.2 Å². The molecule has 0 amide bonds. The van der Waals surface area contributed by atoms with E-state index in [1.807, 2.05) is 6.92 Å². The summed E-state index contributed by atoms with van der Waals surface area (Å²) in [5.41, 5.74) is 1.35. The van der Waals surface area contributed by atoms with Crippen molar-refractivity contribution in [1.29, 1.82) is 5.26 Å². The molecule has 6 heteroatoms. The fourth-order valence-electron chi connectivity index (χ4n) is 1.77. The van der Waals surface area contributed by atoms with Crippen molar-refractivity contribution < 1.29 is 0 Å². The molecular weight excluding hydrogens is 240 g/mol. The van der Waals surface area contributed by atoms with Gasteiger partial charge in [-0.05, 0) is 25.3 Å². The highest BCUT2D eigenvalue weighted by atomic mass is 32.2. The highest BCUT2D eigenvalue weighted by Crippen LogP contribution is 2.42. The first-order valence-electron chi connectivity index (χ1n) is 5.36. The molecule has 0 saturated heterocycles. The lowest BCUT2D eigenvalue weighted by Crippen LogP contribution is -2.48. The summed E-state index contributed by atoms with van der Waals surface area (Å²) in [6.07, 6.45) is 2.33. The van der Waals surface area contributed by atoms with E-state index >= 15 is 0 Å². The molecule has 0 spiro atoms. The van der Waals surface area contributed by atoms with Crippen molar-refractivity contribution >= 4 is 23.1 Å². The van der Waals surface area contributed by atoms with Crippen molar-refractivity contribution in [3.63, 3.8) is 0 Å². The molecule has 1 heterocycles. The molecule has 1 aromatic heterocycles. The quantitative estimate of drug-likeness (QED) is 0.786. The molecular formula is C10H14N4S2.